The Morgan fingerprint density at radius 3 is 2.56 bits per heavy atom. The Morgan fingerprint density at radius 2 is 1.83 bits per heavy atom. The maximum Gasteiger partial charge on any atom is 0.224 e. The molecule has 2 fully saturated rings. The molecule has 3 heteroatoms. The summed E-state index contributed by atoms with van der Waals surface area (Å²) in [6.45, 7) is 3.13. The van der Waals surface area contributed by atoms with E-state index >= 15 is 0 Å². The molecule has 0 radical (unpaired) electrons. The fraction of sp³-hybridized carbons (Fsp3) is 0.933. The molecule has 3 nitrogen and oxygen atoms in total. The van der Waals surface area contributed by atoms with Crippen LogP contribution in [0.2, 0.25) is 0 Å². The van der Waals surface area contributed by atoms with Crippen molar-refractivity contribution in [3.05, 3.63) is 0 Å². The second kappa shape index (κ2) is 6.05. The monoisotopic (exact) mass is 252 g/mol. The third-order valence-corrected chi connectivity index (χ3v) is 4.73. The lowest BCUT2D eigenvalue weighted by Gasteiger charge is -2.36. The number of nitrogens with two attached hydrogens (primary N) is 1. The van der Waals surface area contributed by atoms with Crippen molar-refractivity contribution in [2.24, 2.45) is 5.73 Å². The summed E-state index contributed by atoms with van der Waals surface area (Å²) in [4.78, 5) is 14.6. The number of hydrogen-bond acceptors (Lipinski definition) is 2. The maximum atomic E-state index is 12.5. The van der Waals surface area contributed by atoms with E-state index in [4.69, 9.17) is 5.73 Å². The van der Waals surface area contributed by atoms with Gasteiger partial charge >= 0.3 is 0 Å². The lowest BCUT2D eigenvalue weighted by atomic mass is 9.80. The van der Waals surface area contributed by atoms with Crippen LogP contribution in [0.25, 0.3) is 0 Å². The van der Waals surface area contributed by atoms with Crippen LogP contribution in [-0.4, -0.2) is 28.9 Å². The van der Waals surface area contributed by atoms with E-state index in [1.54, 1.807) is 0 Å². The predicted octanol–water partition coefficient (Wildman–Crippen LogP) is 2.83. The van der Waals surface area contributed by atoms with Gasteiger partial charge in [-0.2, -0.15) is 0 Å². The number of carbonyl (C=O) groups is 1. The minimum Gasteiger partial charge on any atom is -0.340 e. The summed E-state index contributed by atoms with van der Waals surface area (Å²) < 4.78 is 0. The molecule has 0 aromatic rings. The van der Waals surface area contributed by atoms with Crippen molar-refractivity contribution in [2.45, 2.75) is 82.7 Å². The number of hydrogen-bond donors (Lipinski definition) is 1. The molecule has 1 saturated heterocycles. The zero-order valence-electron chi connectivity index (χ0n) is 11.8. The van der Waals surface area contributed by atoms with Crippen LogP contribution >= 0.6 is 0 Å². The molecule has 0 aromatic heterocycles. The van der Waals surface area contributed by atoms with E-state index in [2.05, 4.69) is 11.8 Å². The van der Waals surface area contributed by atoms with E-state index in [1.807, 2.05) is 0 Å². The summed E-state index contributed by atoms with van der Waals surface area (Å²) >= 11 is 0. The van der Waals surface area contributed by atoms with Crippen LogP contribution < -0.4 is 5.73 Å². The fourth-order valence-electron chi connectivity index (χ4n) is 3.48. The summed E-state index contributed by atoms with van der Waals surface area (Å²) in [5.74, 6) is 0.300. The van der Waals surface area contributed by atoms with Crippen LogP contribution in [0, 0.1) is 0 Å². The molecule has 1 atom stereocenters. The van der Waals surface area contributed by atoms with Gasteiger partial charge in [0.1, 0.15) is 0 Å². The highest BCUT2D eigenvalue weighted by Crippen LogP contribution is 2.30. The Labute approximate surface area is 111 Å². The van der Waals surface area contributed by atoms with Crippen LogP contribution in [0.15, 0.2) is 0 Å². The molecule has 18 heavy (non-hydrogen) atoms. The van der Waals surface area contributed by atoms with Gasteiger partial charge in [-0.3, -0.25) is 4.79 Å². The Hall–Kier alpha value is -0.570. The highest BCUT2D eigenvalue weighted by molar-refractivity contribution is 5.77. The Morgan fingerprint density at radius 1 is 1.17 bits per heavy atom. The van der Waals surface area contributed by atoms with E-state index in [0.717, 1.165) is 32.2 Å². The number of amides is 1. The highest BCUT2D eigenvalue weighted by Gasteiger charge is 2.33. The molecule has 2 rings (SSSR count). The van der Waals surface area contributed by atoms with Crippen molar-refractivity contribution in [1.82, 2.24) is 4.90 Å². The molecule has 1 heterocycles. The Kier molecular flexibility index (Phi) is 4.66. The van der Waals surface area contributed by atoms with Crippen molar-refractivity contribution >= 4 is 5.91 Å². The quantitative estimate of drug-likeness (QED) is 0.821. The summed E-state index contributed by atoms with van der Waals surface area (Å²) in [7, 11) is 0. The molecule has 1 unspecified atom stereocenters. The van der Waals surface area contributed by atoms with E-state index < -0.39 is 0 Å². The summed E-state index contributed by atoms with van der Waals surface area (Å²) in [6.07, 6.45) is 11.1. The summed E-state index contributed by atoms with van der Waals surface area (Å²) in [5, 5.41) is 0. The van der Waals surface area contributed by atoms with E-state index in [9.17, 15) is 4.79 Å². The molecule has 1 saturated carbocycles. The molecule has 0 bridgehead atoms. The van der Waals surface area contributed by atoms with Gasteiger partial charge in [0.2, 0.25) is 5.91 Å². The first-order valence-corrected chi connectivity index (χ1v) is 7.69. The number of likely N-dealkylation sites (tertiary alicyclic amines) is 1. The third kappa shape index (κ3) is 3.47. The van der Waals surface area contributed by atoms with Crippen LogP contribution in [0.4, 0.5) is 0 Å². The van der Waals surface area contributed by atoms with Crippen molar-refractivity contribution in [1.29, 1.82) is 0 Å². The van der Waals surface area contributed by atoms with E-state index in [1.165, 1.54) is 32.1 Å². The van der Waals surface area contributed by atoms with Gasteiger partial charge in [-0.15, -0.1) is 0 Å². The molecule has 1 aliphatic carbocycles. The molecular formula is C15H28N2O. The van der Waals surface area contributed by atoms with Crippen molar-refractivity contribution in [3.63, 3.8) is 0 Å². The zero-order valence-corrected chi connectivity index (χ0v) is 11.8. The molecule has 1 aliphatic heterocycles. The average Bonchev–Trinajstić information content (AvgIpc) is 2.54. The van der Waals surface area contributed by atoms with Gasteiger partial charge in [-0.05, 0) is 32.6 Å². The molecule has 104 valence electrons. The molecule has 2 aliphatic rings. The second-order valence-electron chi connectivity index (χ2n) is 6.39. The van der Waals surface area contributed by atoms with Crippen LogP contribution in [0.3, 0.4) is 0 Å². The number of nitrogens with zero attached hydrogens (tertiary/aromatic N) is 1. The zero-order chi connectivity index (χ0) is 13.0. The molecule has 2 N–H and O–H groups in total. The van der Waals surface area contributed by atoms with Gasteiger partial charge in [-0.25, -0.2) is 0 Å². The summed E-state index contributed by atoms with van der Waals surface area (Å²) in [6, 6.07) is 0.409. The van der Waals surface area contributed by atoms with Crippen molar-refractivity contribution in [3.8, 4) is 0 Å². The first-order chi connectivity index (χ1) is 8.61. The van der Waals surface area contributed by atoms with Crippen LogP contribution in [0.5, 0.6) is 0 Å². The Balaban J connectivity index is 1.93. The predicted molar refractivity (Wildman–Crippen MR) is 74.3 cm³/mol. The van der Waals surface area contributed by atoms with Gasteiger partial charge in [0.15, 0.2) is 0 Å². The minimum atomic E-state index is -0.207. The van der Waals surface area contributed by atoms with Gasteiger partial charge in [0.25, 0.3) is 0 Å². The topological polar surface area (TPSA) is 46.3 Å². The number of carbonyl (C=O) groups excluding carboxylic acids is 1. The minimum absolute atomic E-state index is 0.207. The summed E-state index contributed by atoms with van der Waals surface area (Å²) in [5.41, 5.74) is 6.20. The average molecular weight is 252 g/mol. The lowest BCUT2D eigenvalue weighted by Crippen LogP contribution is -2.48. The lowest BCUT2D eigenvalue weighted by molar-refractivity contribution is -0.134. The van der Waals surface area contributed by atoms with Crippen molar-refractivity contribution in [2.75, 3.05) is 6.54 Å². The fourth-order valence-corrected chi connectivity index (χ4v) is 3.48. The van der Waals surface area contributed by atoms with Gasteiger partial charge in [-0.1, -0.05) is 32.1 Å². The first kappa shape index (κ1) is 13.9. The second-order valence-corrected chi connectivity index (χ2v) is 6.39. The van der Waals surface area contributed by atoms with Crippen LogP contribution in [-0.2, 0) is 4.79 Å². The third-order valence-electron chi connectivity index (χ3n) is 4.73. The van der Waals surface area contributed by atoms with E-state index in [0.29, 0.717) is 18.4 Å². The van der Waals surface area contributed by atoms with Gasteiger partial charge < -0.3 is 10.6 Å². The van der Waals surface area contributed by atoms with Crippen LogP contribution in [0.1, 0.15) is 71.1 Å². The Bertz CT molecular complexity index is 284. The van der Waals surface area contributed by atoms with Crippen molar-refractivity contribution < 1.29 is 4.79 Å². The maximum absolute atomic E-state index is 12.5. The van der Waals surface area contributed by atoms with Gasteiger partial charge in [0.05, 0.1) is 0 Å². The highest BCUT2D eigenvalue weighted by atomic mass is 16.2. The molecule has 0 spiro atoms. The molecule has 1 amide bonds. The normalized spacial score (nSPS) is 28.8. The number of rotatable bonds is 2. The molecular weight excluding hydrogens is 224 g/mol. The van der Waals surface area contributed by atoms with Gasteiger partial charge in [0, 0.05) is 24.5 Å². The van der Waals surface area contributed by atoms with E-state index in [-0.39, 0.29) is 5.54 Å². The first-order valence-electron chi connectivity index (χ1n) is 7.69. The smallest absolute Gasteiger partial charge is 0.224 e. The largest absolute Gasteiger partial charge is 0.340 e. The molecule has 0 aromatic carbocycles. The SMILES string of the molecule is CC1CCCCCN1C(=O)CC1(N)CCCCC1. The standard InChI is InChI=1S/C15H28N2O/c1-13-8-4-2-7-11-17(13)14(18)12-15(16)9-5-3-6-10-15/h13H,2-12,16H2,1H3.